The van der Waals surface area contributed by atoms with Crippen LogP contribution in [0.15, 0.2) is 42.5 Å². The Hall–Kier alpha value is -3.02. The molecule has 0 aliphatic carbocycles. The number of carbonyl (C=O) groups is 1. The highest BCUT2D eigenvalue weighted by Gasteiger charge is 2.42. The smallest absolute Gasteiger partial charge is 0.349 e. The molecule has 0 spiro atoms. The summed E-state index contributed by atoms with van der Waals surface area (Å²) in [5.41, 5.74) is -6.80. The predicted molar refractivity (Wildman–Crippen MR) is 127 cm³/mol. The first-order valence-corrected chi connectivity index (χ1v) is 13.5. The lowest BCUT2D eigenvalue weighted by Crippen LogP contribution is -2.40. The van der Waals surface area contributed by atoms with Crippen LogP contribution in [0.1, 0.15) is 45.5 Å². The Balaban J connectivity index is 2.47. The molecule has 2 unspecified atom stereocenters. The lowest BCUT2D eigenvalue weighted by atomic mass is 9.94. The van der Waals surface area contributed by atoms with Crippen molar-refractivity contribution < 1.29 is 70.3 Å². The van der Waals surface area contributed by atoms with E-state index in [1.54, 1.807) is 5.32 Å². The minimum absolute atomic E-state index is 0.0566. The molecular weight excluding hydrogens is 665 g/mol. The van der Waals surface area contributed by atoms with E-state index in [0.717, 1.165) is 6.92 Å². The Morgan fingerprint density at radius 1 is 0.884 bits per heavy atom. The Morgan fingerprint density at radius 2 is 1.44 bits per heavy atom. The lowest BCUT2D eigenvalue weighted by Gasteiger charge is -2.20. The Bertz CT molecular complexity index is 1480. The van der Waals surface area contributed by atoms with E-state index in [0.29, 0.717) is 18.2 Å². The number of allylic oxidation sites excluding steroid dienone is 1. The van der Waals surface area contributed by atoms with Crippen molar-refractivity contribution in [3.63, 3.8) is 0 Å². The zero-order chi connectivity index (χ0) is 33.3. The van der Waals surface area contributed by atoms with Crippen LogP contribution >= 0.6 is 11.6 Å². The molecule has 0 saturated heterocycles. The van der Waals surface area contributed by atoms with Gasteiger partial charge in [0.2, 0.25) is 0 Å². The van der Waals surface area contributed by atoms with Crippen molar-refractivity contribution in [3.8, 4) is 0 Å². The van der Waals surface area contributed by atoms with Crippen molar-refractivity contribution in [3.05, 3.63) is 75.3 Å². The number of amides is 1. The molecule has 19 heteroatoms. The highest BCUT2D eigenvalue weighted by molar-refractivity contribution is 7.91. The van der Waals surface area contributed by atoms with Crippen LogP contribution in [0.5, 0.6) is 0 Å². The van der Waals surface area contributed by atoms with Gasteiger partial charge in [-0.3, -0.25) is 4.79 Å². The molecule has 0 radical (unpaired) electrons. The number of carbonyl (C=O) groups excluding carboxylic acids is 1. The Labute approximate surface area is 239 Å². The second-order valence-corrected chi connectivity index (χ2v) is 11.6. The minimum atomic E-state index is -5.45. The maximum absolute atomic E-state index is 14.9. The van der Waals surface area contributed by atoms with E-state index in [-0.39, 0.29) is 24.3 Å². The number of hydrogen-bond donors (Lipinski definition) is 1. The molecule has 1 N–H and O–H groups in total. The van der Waals surface area contributed by atoms with Gasteiger partial charge in [0.25, 0.3) is 5.91 Å². The number of benzene rings is 2. The normalized spacial score (nSPS) is 15.3. The van der Waals surface area contributed by atoms with Crippen LogP contribution in [0.2, 0.25) is 5.02 Å². The van der Waals surface area contributed by atoms with Crippen LogP contribution in [-0.4, -0.2) is 44.2 Å². The van der Waals surface area contributed by atoms with Gasteiger partial charge in [-0.15, -0.1) is 0 Å². The van der Waals surface area contributed by atoms with E-state index in [9.17, 15) is 70.3 Å². The summed E-state index contributed by atoms with van der Waals surface area (Å²) in [4.78, 5) is 12.4. The maximum Gasteiger partial charge on any atom is 0.417 e. The zero-order valence-corrected chi connectivity index (χ0v) is 22.6. The van der Waals surface area contributed by atoms with E-state index >= 15 is 0 Å². The second-order valence-electron chi connectivity index (χ2n) is 9.07. The first kappa shape index (κ1) is 36.2. The van der Waals surface area contributed by atoms with Gasteiger partial charge < -0.3 is 5.32 Å². The van der Waals surface area contributed by atoms with E-state index < -0.39 is 103 Å². The molecule has 0 heterocycles. The molecule has 43 heavy (non-hydrogen) atoms. The van der Waals surface area contributed by atoms with Crippen LogP contribution in [0, 0.1) is 0 Å². The highest BCUT2D eigenvalue weighted by atomic mass is 35.5. The summed E-state index contributed by atoms with van der Waals surface area (Å²) in [6, 6.07) is -0.103. The second kappa shape index (κ2) is 12.5. The molecule has 0 aromatic heterocycles. The molecule has 2 rings (SSSR count). The van der Waals surface area contributed by atoms with Crippen LogP contribution in [0.4, 0.5) is 57.1 Å². The fraction of sp³-hybridized carbons (Fsp3) is 0.375. The summed E-state index contributed by atoms with van der Waals surface area (Å²) >= 11 is 5.43. The topological polar surface area (TPSA) is 63.2 Å². The van der Waals surface area contributed by atoms with Crippen molar-refractivity contribution in [2.75, 3.05) is 11.5 Å². The fourth-order valence-corrected chi connectivity index (χ4v) is 5.49. The molecule has 2 atom stereocenters. The van der Waals surface area contributed by atoms with Crippen LogP contribution in [0.3, 0.4) is 0 Å². The van der Waals surface area contributed by atoms with Gasteiger partial charge in [-0.05, 0) is 42.8 Å². The van der Waals surface area contributed by atoms with Crippen LogP contribution < -0.4 is 5.32 Å². The van der Waals surface area contributed by atoms with Gasteiger partial charge in [-0.25, -0.2) is 12.8 Å². The molecule has 2 aromatic carbocycles. The quantitative estimate of drug-likeness (QED) is 0.286. The van der Waals surface area contributed by atoms with Crippen molar-refractivity contribution in [1.82, 2.24) is 5.32 Å². The number of nitrogens with one attached hydrogen (secondary N) is 1. The largest absolute Gasteiger partial charge is 0.417 e. The average Bonchev–Trinajstić information content (AvgIpc) is 2.77. The molecule has 0 bridgehead atoms. The molecular formula is C24H17ClF13NO3S. The minimum Gasteiger partial charge on any atom is -0.349 e. The number of halogens is 14. The fourth-order valence-electron chi connectivity index (χ4n) is 3.73. The summed E-state index contributed by atoms with van der Waals surface area (Å²) in [5, 5.41) is 0.594. The van der Waals surface area contributed by atoms with Crippen LogP contribution in [-0.2, 0) is 22.2 Å². The monoisotopic (exact) mass is 681 g/mol. The van der Waals surface area contributed by atoms with E-state index in [1.165, 1.54) is 0 Å². The molecule has 0 aliphatic heterocycles. The summed E-state index contributed by atoms with van der Waals surface area (Å²) in [5.74, 6) is -10.1. The Morgan fingerprint density at radius 3 is 1.91 bits per heavy atom. The van der Waals surface area contributed by atoms with Gasteiger partial charge in [-0.1, -0.05) is 23.7 Å². The number of hydrogen-bond acceptors (Lipinski definition) is 3. The average molecular weight is 682 g/mol. The summed E-state index contributed by atoms with van der Waals surface area (Å²) in [6.45, 7) is 0.876. The van der Waals surface area contributed by atoms with Crippen molar-refractivity contribution in [2.45, 2.75) is 43.6 Å². The third kappa shape index (κ3) is 10.3. The molecule has 0 saturated carbocycles. The first-order chi connectivity index (χ1) is 19.2. The number of alkyl halides is 12. The summed E-state index contributed by atoms with van der Waals surface area (Å²) in [7, 11) is -4.86. The van der Waals surface area contributed by atoms with Crippen LogP contribution in [0.25, 0.3) is 5.83 Å². The molecule has 1 amide bonds. The van der Waals surface area contributed by atoms with Crippen molar-refractivity contribution >= 4 is 33.2 Å². The first-order valence-electron chi connectivity index (χ1n) is 11.3. The Kier molecular flexibility index (Phi) is 10.5. The van der Waals surface area contributed by atoms with E-state index in [4.69, 9.17) is 11.6 Å². The van der Waals surface area contributed by atoms with Gasteiger partial charge in [-0.2, -0.15) is 52.7 Å². The van der Waals surface area contributed by atoms with Gasteiger partial charge in [0, 0.05) is 11.6 Å². The molecule has 2 aromatic rings. The number of rotatable bonds is 8. The molecule has 4 nitrogen and oxygen atoms in total. The van der Waals surface area contributed by atoms with E-state index in [1.807, 2.05) is 0 Å². The summed E-state index contributed by atoms with van der Waals surface area (Å²) in [6.07, 6.45) is -21.2. The summed E-state index contributed by atoms with van der Waals surface area (Å²) < 4.78 is 196. The third-order valence-electron chi connectivity index (χ3n) is 5.43. The maximum atomic E-state index is 14.9. The third-order valence-corrected chi connectivity index (χ3v) is 7.52. The molecule has 0 fully saturated rings. The van der Waals surface area contributed by atoms with Gasteiger partial charge in [0.15, 0.2) is 9.84 Å². The van der Waals surface area contributed by atoms with Gasteiger partial charge in [0.05, 0.1) is 27.5 Å². The lowest BCUT2D eigenvalue weighted by molar-refractivity contribution is -0.140. The highest BCUT2D eigenvalue weighted by Crippen LogP contribution is 2.42. The number of sulfone groups is 1. The van der Waals surface area contributed by atoms with Gasteiger partial charge >= 0.3 is 24.7 Å². The standard InChI is InChI=1S/C24H17ClF13NO3S/c1-11(9-43(41,42)10-21(27,28)29)39-20(40)14-4-2-13(6-17(14)24(36,37)38)19(26)8-16(23(33,34)35)12-3-5-15(18(25)7-12)22(30,31)32/h2-8,11,16H,9-10H2,1H3,(H,39,40)/b19-8-. The van der Waals surface area contributed by atoms with Crippen molar-refractivity contribution in [1.29, 1.82) is 0 Å². The SMILES string of the molecule is CC(CS(=O)(=O)CC(F)(F)F)NC(=O)c1ccc(/C(F)=C/C(c2ccc(C(F)(F)F)c(Cl)c2)C(F)(F)F)cc1C(F)(F)F. The zero-order valence-electron chi connectivity index (χ0n) is 21.0. The van der Waals surface area contributed by atoms with Crippen molar-refractivity contribution in [2.24, 2.45) is 0 Å². The van der Waals surface area contributed by atoms with E-state index in [2.05, 4.69) is 0 Å². The predicted octanol–water partition coefficient (Wildman–Crippen LogP) is 8.13. The molecule has 240 valence electrons. The van der Waals surface area contributed by atoms with Gasteiger partial charge in [0.1, 0.15) is 17.5 Å². The molecule has 0 aliphatic rings.